The lowest BCUT2D eigenvalue weighted by Gasteiger charge is -2.10. The average molecular weight is 355 g/mol. The highest BCUT2D eigenvalue weighted by Gasteiger charge is 2.04. The van der Waals surface area contributed by atoms with Gasteiger partial charge in [-0.3, -0.25) is 9.59 Å². The van der Waals surface area contributed by atoms with Crippen LogP contribution in [0.4, 0.5) is 17.1 Å². The molecule has 0 fully saturated rings. The lowest BCUT2D eigenvalue weighted by atomic mass is 10.2. The molecule has 2 rings (SSSR count). The minimum Gasteiger partial charge on any atom is -0.494 e. The van der Waals surface area contributed by atoms with E-state index < -0.39 is 0 Å². The van der Waals surface area contributed by atoms with Crippen molar-refractivity contribution in [2.75, 3.05) is 29.1 Å². The number of anilines is 3. The number of rotatable bonds is 9. The van der Waals surface area contributed by atoms with Crippen molar-refractivity contribution in [1.82, 2.24) is 0 Å². The third-order valence-electron chi connectivity index (χ3n) is 3.53. The second-order valence-corrected chi connectivity index (χ2v) is 5.76. The molecule has 6 heteroatoms. The lowest BCUT2D eigenvalue weighted by Crippen LogP contribution is -2.21. The fraction of sp³-hybridized carbons (Fsp3) is 0.300. The smallest absolute Gasteiger partial charge is 0.243 e. The lowest BCUT2D eigenvalue weighted by molar-refractivity contribution is -0.116. The van der Waals surface area contributed by atoms with E-state index in [4.69, 9.17) is 4.74 Å². The Morgan fingerprint density at radius 3 is 2.27 bits per heavy atom. The molecular weight excluding hydrogens is 330 g/mol. The van der Waals surface area contributed by atoms with E-state index >= 15 is 0 Å². The summed E-state index contributed by atoms with van der Waals surface area (Å²) in [5.41, 5.74) is 2.17. The van der Waals surface area contributed by atoms with Crippen molar-refractivity contribution in [3.05, 3.63) is 48.5 Å². The number of benzene rings is 2. The number of amides is 2. The summed E-state index contributed by atoms with van der Waals surface area (Å²) in [5.74, 6) is 0.579. The molecule has 0 aromatic heterocycles. The van der Waals surface area contributed by atoms with Gasteiger partial charge in [-0.15, -0.1) is 0 Å². The van der Waals surface area contributed by atoms with Crippen molar-refractivity contribution in [3.8, 4) is 5.75 Å². The summed E-state index contributed by atoms with van der Waals surface area (Å²) in [4.78, 5) is 23.5. The molecule has 3 N–H and O–H groups in total. The fourth-order valence-corrected chi connectivity index (χ4v) is 2.20. The molecule has 0 aliphatic carbocycles. The van der Waals surface area contributed by atoms with E-state index in [1.165, 1.54) is 0 Å². The zero-order valence-corrected chi connectivity index (χ0v) is 15.2. The van der Waals surface area contributed by atoms with Gasteiger partial charge in [0, 0.05) is 23.5 Å². The Labute approximate surface area is 153 Å². The van der Waals surface area contributed by atoms with Gasteiger partial charge in [-0.1, -0.05) is 19.9 Å². The number of hydrogen-bond acceptors (Lipinski definition) is 4. The number of carbonyl (C=O) groups excluding carboxylic acids is 2. The van der Waals surface area contributed by atoms with E-state index in [0.717, 1.165) is 17.9 Å². The summed E-state index contributed by atoms with van der Waals surface area (Å²) in [7, 11) is 0. The van der Waals surface area contributed by atoms with Crippen LogP contribution in [-0.2, 0) is 9.59 Å². The summed E-state index contributed by atoms with van der Waals surface area (Å²) in [6.45, 7) is 4.64. The predicted molar refractivity (Wildman–Crippen MR) is 105 cm³/mol. The van der Waals surface area contributed by atoms with E-state index in [9.17, 15) is 9.59 Å². The molecule has 26 heavy (non-hydrogen) atoms. The molecule has 0 saturated heterocycles. The molecule has 0 aliphatic rings. The van der Waals surface area contributed by atoms with E-state index in [-0.39, 0.29) is 18.4 Å². The van der Waals surface area contributed by atoms with E-state index in [1.807, 2.05) is 36.4 Å². The largest absolute Gasteiger partial charge is 0.494 e. The highest BCUT2D eigenvalue weighted by molar-refractivity contribution is 5.94. The van der Waals surface area contributed by atoms with E-state index in [2.05, 4.69) is 22.9 Å². The van der Waals surface area contributed by atoms with Gasteiger partial charge in [-0.25, -0.2) is 0 Å². The molecule has 0 bridgehead atoms. The Morgan fingerprint density at radius 1 is 0.885 bits per heavy atom. The van der Waals surface area contributed by atoms with Crippen molar-refractivity contribution in [3.63, 3.8) is 0 Å². The van der Waals surface area contributed by atoms with Gasteiger partial charge in [0.1, 0.15) is 5.75 Å². The standard InChI is InChI=1S/C20H25N3O3/c1-3-12-26-18-10-8-15(9-11-18)22-20(25)14-21-16-6-5-7-17(13-16)23-19(24)4-2/h5-11,13,21H,3-4,12,14H2,1-2H3,(H,22,25)(H,23,24). The first-order valence-corrected chi connectivity index (χ1v) is 8.77. The fourth-order valence-electron chi connectivity index (χ4n) is 2.20. The number of nitrogens with one attached hydrogen (secondary N) is 3. The molecule has 0 aliphatic heterocycles. The maximum absolute atomic E-state index is 12.1. The summed E-state index contributed by atoms with van der Waals surface area (Å²) < 4.78 is 5.51. The van der Waals surface area contributed by atoms with Crippen molar-refractivity contribution >= 4 is 28.9 Å². The first-order valence-electron chi connectivity index (χ1n) is 8.77. The van der Waals surface area contributed by atoms with Gasteiger partial charge in [-0.05, 0) is 48.9 Å². The molecule has 2 aromatic carbocycles. The maximum atomic E-state index is 12.1. The van der Waals surface area contributed by atoms with Crippen LogP contribution in [0, 0.1) is 0 Å². The Kier molecular flexibility index (Phi) is 7.49. The van der Waals surface area contributed by atoms with E-state index in [0.29, 0.717) is 24.4 Å². The SMILES string of the molecule is CCCOc1ccc(NC(=O)CNc2cccc(NC(=O)CC)c2)cc1. The van der Waals surface area contributed by atoms with Crippen LogP contribution < -0.4 is 20.7 Å². The van der Waals surface area contributed by atoms with Crippen LogP contribution in [0.2, 0.25) is 0 Å². The third kappa shape index (κ3) is 6.47. The van der Waals surface area contributed by atoms with Crippen LogP contribution in [0.1, 0.15) is 26.7 Å². The molecule has 0 atom stereocenters. The minimum atomic E-state index is -0.157. The van der Waals surface area contributed by atoms with Crippen molar-refractivity contribution in [1.29, 1.82) is 0 Å². The average Bonchev–Trinajstić information content (AvgIpc) is 2.66. The van der Waals surface area contributed by atoms with Crippen LogP contribution in [0.3, 0.4) is 0 Å². The second-order valence-electron chi connectivity index (χ2n) is 5.76. The zero-order chi connectivity index (χ0) is 18.8. The van der Waals surface area contributed by atoms with Gasteiger partial charge >= 0.3 is 0 Å². The third-order valence-corrected chi connectivity index (χ3v) is 3.53. The van der Waals surface area contributed by atoms with Crippen molar-refractivity contribution < 1.29 is 14.3 Å². The van der Waals surface area contributed by atoms with Gasteiger partial charge in [0.05, 0.1) is 13.2 Å². The number of hydrogen-bond donors (Lipinski definition) is 3. The minimum absolute atomic E-state index is 0.0498. The molecule has 6 nitrogen and oxygen atoms in total. The maximum Gasteiger partial charge on any atom is 0.243 e. The summed E-state index contributed by atoms with van der Waals surface area (Å²) >= 11 is 0. The number of carbonyl (C=O) groups is 2. The van der Waals surface area contributed by atoms with Crippen LogP contribution in [0.5, 0.6) is 5.75 Å². The van der Waals surface area contributed by atoms with Crippen molar-refractivity contribution in [2.45, 2.75) is 26.7 Å². The zero-order valence-electron chi connectivity index (χ0n) is 15.2. The van der Waals surface area contributed by atoms with Crippen LogP contribution >= 0.6 is 0 Å². The van der Waals surface area contributed by atoms with Crippen LogP contribution in [0.15, 0.2) is 48.5 Å². The molecular formula is C20H25N3O3. The molecule has 0 saturated carbocycles. The highest BCUT2D eigenvalue weighted by atomic mass is 16.5. The normalized spacial score (nSPS) is 10.1. The van der Waals surface area contributed by atoms with E-state index in [1.54, 1.807) is 19.1 Å². The predicted octanol–water partition coefficient (Wildman–Crippen LogP) is 3.87. The quantitative estimate of drug-likeness (QED) is 0.638. The van der Waals surface area contributed by atoms with Crippen LogP contribution in [0.25, 0.3) is 0 Å². The summed E-state index contributed by atoms with van der Waals surface area (Å²) in [5, 5.41) is 8.66. The first kappa shape index (κ1) is 19.3. The highest BCUT2D eigenvalue weighted by Crippen LogP contribution is 2.17. The Bertz CT molecular complexity index is 729. The monoisotopic (exact) mass is 355 g/mol. The van der Waals surface area contributed by atoms with Gasteiger partial charge in [0.25, 0.3) is 0 Å². The van der Waals surface area contributed by atoms with Gasteiger partial charge in [-0.2, -0.15) is 0 Å². The van der Waals surface area contributed by atoms with Crippen LogP contribution in [-0.4, -0.2) is 25.0 Å². The first-order chi connectivity index (χ1) is 12.6. The topological polar surface area (TPSA) is 79.5 Å². The Balaban J connectivity index is 1.83. The van der Waals surface area contributed by atoms with Gasteiger partial charge in [0.15, 0.2) is 0 Å². The van der Waals surface area contributed by atoms with Gasteiger partial charge in [0.2, 0.25) is 11.8 Å². The summed E-state index contributed by atoms with van der Waals surface area (Å²) in [6, 6.07) is 14.5. The molecule has 2 amide bonds. The Morgan fingerprint density at radius 2 is 1.58 bits per heavy atom. The molecule has 0 unspecified atom stereocenters. The Hall–Kier alpha value is -3.02. The van der Waals surface area contributed by atoms with Crippen molar-refractivity contribution in [2.24, 2.45) is 0 Å². The number of ether oxygens (including phenoxy) is 1. The molecule has 2 aromatic rings. The second kappa shape index (κ2) is 10.1. The summed E-state index contributed by atoms with van der Waals surface area (Å²) in [6.07, 6.45) is 1.37. The molecule has 0 heterocycles. The molecule has 0 spiro atoms. The molecule has 138 valence electrons. The molecule has 0 radical (unpaired) electrons. The van der Waals surface area contributed by atoms with Gasteiger partial charge < -0.3 is 20.7 Å².